The smallest absolute Gasteiger partial charge is 0.161 e. The van der Waals surface area contributed by atoms with Gasteiger partial charge in [0.05, 0.1) is 16.8 Å². The zero-order valence-corrected chi connectivity index (χ0v) is 12.2. The summed E-state index contributed by atoms with van der Waals surface area (Å²) in [5.41, 5.74) is 0.878. The minimum Gasteiger partial charge on any atom is -0.334 e. The summed E-state index contributed by atoms with van der Waals surface area (Å²) in [6, 6.07) is 5.99. The van der Waals surface area contributed by atoms with E-state index in [1.54, 1.807) is 17.8 Å². The topological polar surface area (TPSA) is 24.4 Å². The lowest BCUT2D eigenvalue weighted by atomic mass is 10.1. The molecule has 2 atom stereocenters. The maximum absolute atomic E-state index is 6.15. The zero-order valence-electron chi connectivity index (χ0n) is 9.83. The Kier molecular flexibility index (Phi) is 3.73. The highest BCUT2D eigenvalue weighted by atomic mass is 35.5. The Bertz CT molecular complexity index is 490. The van der Waals surface area contributed by atoms with Crippen LogP contribution in [0.1, 0.15) is 19.3 Å². The molecular weight excluding hydrogens is 287 g/mol. The Morgan fingerprint density at radius 1 is 1.28 bits per heavy atom. The Balaban J connectivity index is 1.76. The van der Waals surface area contributed by atoms with Crippen LogP contribution in [-0.2, 0) is 0 Å². The first-order chi connectivity index (χ1) is 8.72. The second-order valence-corrected chi connectivity index (χ2v) is 6.61. The third kappa shape index (κ3) is 2.63. The second kappa shape index (κ2) is 5.32. The quantitative estimate of drug-likeness (QED) is 0.814. The van der Waals surface area contributed by atoms with E-state index in [4.69, 9.17) is 28.2 Å². The highest BCUT2D eigenvalue weighted by Gasteiger charge is 2.31. The largest absolute Gasteiger partial charge is 0.334 e. The molecule has 1 N–H and O–H groups in total. The minimum absolute atomic E-state index is 0.514. The molecule has 1 fully saturated rings. The van der Waals surface area contributed by atoms with Crippen molar-refractivity contribution in [1.82, 2.24) is 0 Å². The summed E-state index contributed by atoms with van der Waals surface area (Å²) in [6.07, 6.45) is 3.87. The Labute approximate surface area is 121 Å². The predicted molar refractivity (Wildman–Crippen MR) is 81.1 cm³/mol. The van der Waals surface area contributed by atoms with Crippen LogP contribution in [0.5, 0.6) is 0 Å². The molecule has 0 aromatic heterocycles. The molecule has 5 heteroatoms. The fraction of sp³-hybridized carbons (Fsp3) is 0.462. The molecule has 2 unspecified atom stereocenters. The van der Waals surface area contributed by atoms with Crippen molar-refractivity contribution in [3.8, 4) is 0 Å². The highest BCUT2D eigenvalue weighted by molar-refractivity contribution is 8.14. The molecule has 0 bridgehead atoms. The fourth-order valence-electron chi connectivity index (χ4n) is 2.53. The van der Waals surface area contributed by atoms with Crippen LogP contribution in [-0.4, -0.2) is 17.0 Å². The first-order valence-corrected chi connectivity index (χ1v) is 7.89. The van der Waals surface area contributed by atoms with E-state index < -0.39 is 0 Å². The van der Waals surface area contributed by atoms with Crippen LogP contribution < -0.4 is 5.32 Å². The van der Waals surface area contributed by atoms with Crippen LogP contribution in [0.3, 0.4) is 0 Å². The number of nitrogens with one attached hydrogen (secondary N) is 1. The molecule has 0 radical (unpaired) electrons. The molecule has 1 aromatic rings. The van der Waals surface area contributed by atoms with Gasteiger partial charge in [-0.1, -0.05) is 41.4 Å². The van der Waals surface area contributed by atoms with Crippen LogP contribution in [0.2, 0.25) is 10.0 Å². The SMILES string of the molecule is Clc1ccc(NC2=NC3CCCC3CS2)c(Cl)c1. The van der Waals surface area contributed by atoms with Gasteiger partial charge in [0.2, 0.25) is 0 Å². The lowest BCUT2D eigenvalue weighted by Crippen LogP contribution is -2.25. The summed E-state index contributed by atoms with van der Waals surface area (Å²) in [5.74, 6) is 1.95. The molecule has 2 nitrogen and oxygen atoms in total. The van der Waals surface area contributed by atoms with Gasteiger partial charge in [-0.2, -0.15) is 0 Å². The van der Waals surface area contributed by atoms with Crippen LogP contribution in [0, 0.1) is 5.92 Å². The Hall–Kier alpha value is -0.380. The van der Waals surface area contributed by atoms with Gasteiger partial charge < -0.3 is 5.32 Å². The molecule has 1 heterocycles. The number of aliphatic imine (C=N–C) groups is 1. The van der Waals surface area contributed by atoms with Gasteiger partial charge in [-0.25, -0.2) is 0 Å². The lowest BCUT2D eigenvalue weighted by molar-refractivity contribution is 0.535. The van der Waals surface area contributed by atoms with Crippen LogP contribution >= 0.6 is 35.0 Å². The molecule has 0 spiro atoms. The summed E-state index contributed by atoms with van der Waals surface area (Å²) in [5, 5.41) is 5.59. The number of amidine groups is 1. The van der Waals surface area contributed by atoms with Gasteiger partial charge in [0, 0.05) is 10.8 Å². The number of halogens is 2. The average Bonchev–Trinajstić information content (AvgIpc) is 2.80. The minimum atomic E-state index is 0.514. The van der Waals surface area contributed by atoms with Crippen molar-refractivity contribution in [2.75, 3.05) is 11.1 Å². The van der Waals surface area contributed by atoms with E-state index in [1.165, 1.54) is 25.0 Å². The average molecular weight is 301 g/mol. The number of fused-ring (bicyclic) bond motifs is 1. The van der Waals surface area contributed by atoms with Crippen molar-refractivity contribution in [3.63, 3.8) is 0 Å². The standard InChI is InChI=1S/C13H14Cl2N2S/c14-9-4-5-12(10(15)6-9)17-13-16-11-3-1-2-8(11)7-18-13/h4-6,8,11H,1-3,7H2,(H,16,17). The number of thioether (sulfide) groups is 1. The van der Waals surface area contributed by atoms with E-state index >= 15 is 0 Å². The van der Waals surface area contributed by atoms with Gasteiger partial charge in [0.25, 0.3) is 0 Å². The van der Waals surface area contributed by atoms with Gasteiger partial charge in [-0.15, -0.1) is 0 Å². The van der Waals surface area contributed by atoms with Crippen molar-refractivity contribution in [3.05, 3.63) is 28.2 Å². The first kappa shape index (κ1) is 12.6. The van der Waals surface area contributed by atoms with E-state index in [1.807, 2.05) is 12.1 Å². The van der Waals surface area contributed by atoms with Crippen molar-refractivity contribution in [2.24, 2.45) is 10.9 Å². The van der Waals surface area contributed by atoms with E-state index in [-0.39, 0.29) is 0 Å². The molecule has 3 rings (SSSR count). The summed E-state index contributed by atoms with van der Waals surface area (Å²) in [7, 11) is 0. The summed E-state index contributed by atoms with van der Waals surface area (Å²) in [6.45, 7) is 0. The highest BCUT2D eigenvalue weighted by Crippen LogP contribution is 2.36. The molecule has 18 heavy (non-hydrogen) atoms. The summed E-state index contributed by atoms with van der Waals surface area (Å²) < 4.78 is 0. The van der Waals surface area contributed by atoms with Gasteiger partial charge in [0.1, 0.15) is 0 Å². The van der Waals surface area contributed by atoms with Gasteiger partial charge >= 0.3 is 0 Å². The van der Waals surface area contributed by atoms with Crippen LogP contribution in [0.15, 0.2) is 23.2 Å². The molecule has 1 aromatic carbocycles. The number of rotatable bonds is 1. The summed E-state index contributed by atoms with van der Waals surface area (Å²) >= 11 is 13.8. The van der Waals surface area contributed by atoms with Crippen molar-refractivity contribution >= 4 is 45.8 Å². The Morgan fingerprint density at radius 2 is 2.17 bits per heavy atom. The number of benzene rings is 1. The van der Waals surface area contributed by atoms with Gasteiger partial charge in [0.15, 0.2) is 5.17 Å². The molecule has 96 valence electrons. The zero-order chi connectivity index (χ0) is 12.5. The van der Waals surface area contributed by atoms with Gasteiger partial charge in [-0.3, -0.25) is 4.99 Å². The lowest BCUT2D eigenvalue weighted by Gasteiger charge is -2.23. The van der Waals surface area contributed by atoms with E-state index in [0.717, 1.165) is 16.8 Å². The number of nitrogens with zero attached hydrogens (tertiary/aromatic N) is 1. The van der Waals surface area contributed by atoms with Gasteiger partial charge in [-0.05, 0) is 37.0 Å². The molecular formula is C13H14Cl2N2S. The van der Waals surface area contributed by atoms with E-state index in [9.17, 15) is 0 Å². The molecule has 1 aliphatic heterocycles. The monoisotopic (exact) mass is 300 g/mol. The maximum atomic E-state index is 6.15. The fourth-order valence-corrected chi connectivity index (χ4v) is 4.14. The molecule has 2 aliphatic rings. The number of anilines is 1. The van der Waals surface area contributed by atoms with E-state index in [0.29, 0.717) is 16.1 Å². The predicted octanol–water partition coefficient (Wildman–Crippen LogP) is 4.68. The van der Waals surface area contributed by atoms with Crippen molar-refractivity contribution in [1.29, 1.82) is 0 Å². The maximum Gasteiger partial charge on any atom is 0.161 e. The van der Waals surface area contributed by atoms with Crippen molar-refractivity contribution < 1.29 is 0 Å². The number of hydrogen-bond donors (Lipinski definition) is 1. The van der Waals surface area contributed by atoms with Crippen LogP contribution in [0.4, 0.5) is 5.69 Å². The third-order valence-electron chi connectivity index (χ3n) is 3.51. The summed E-state index contributed by atoms with van der Waals surface area (Å²) in [4.78, 5) is 4.78. The molecule has 0 saturated heterocycles. The first-order valence-electron chi connectivity index (χ1n) is 6.15. The molecule has 1 saturated carbocycles. The molecule has 0 amide bonds. The third-order valence-corrected chi connectivity index (χ3v) is 5.13. The normalized spacial score (nSPS) is 26.7. The Morgan fingerprint density at radius 3 is 3.00 bits per heavy atom. The second-order valence-electron chi connectivity index (χ2n) is 4.75. The van der Waals surface area contributed by atoms with Crippen LogP contribution in [0.25, 0.3) is 0 Å². The number of hydrogen-bond acceptors (Lipinski definition) is 3. The van der Waals surface area contributed by atoms with Crippen molar-refractivity contribution in [2.45, 2.75) is 25.3 Å². The van der Waals surface area contributed by atoms with E-state index in [2.05, 4.69) is 5.32 Å². The molecule has 1 aliphatic carbocycles.